The van der Waals surface area contributed by atoms with Gasteiger partial charge in [-0.15, -0.1) is 0 Å². The Balaban J connectivity index is 3.13. The van der Waals surface area contributed by atoms with Crippen LogP contribution in [0.25, 0.3) is 0 Å². The van der Waals surface area contributed by atoms with Crippen LogP contribution < -0.4 is 0 Å². The fourth-order valence-corrected chi connectivity index (χ4v) is 1.46. The monoisotopic (exact) mass is 231 g/mol. The Morgan fingerprint density at radius 1 is 1.29 bits per heavy atom. The molecular weight excluding hydrogens is 221 g/mol. The molecule has 1 N–H and O–H groups in total. The van der Waals surface area contributed by atoms with Crippen LogP contribution in [0, 0.1) is 5.92 Å². The molecule has 0 amide bonds. The van der Waals surface area contributed by atoms with Crippen LogP contribution in [0.3, 0.4) is 0 Å². The van der Waals surface area contributed by atoms with Gasteiger partial charge in [0, 0.05) is 5.56 Å². The molecule has 0 unspecified atom stereocenters. The van der Waals surface area contributed by atoms with E-state index in [0.29, 0.717) is 15.8 Å². The number of halogens is 2. The van der Waals surface area contributed by atoms with Gasteiger partial charge in [-0.3, -0.25) is 0 Å². The first kappa shape index (κ1) is 11.3. The molecular formula is C10H11Cl2NO. The molecule has 0 fully saturated rings. The van der Waals surface area contributed by atoms with E-state index in [1.54, 1.807) is 18.2 Å². The average Bonchev–Trinajstić information content (AvgIpc) is 2.11. The SMILES string of the molecule is CC(C)/C(=N\O)c1ccc(Cl)c(Cl)c1. The van der Waals surface area contributed by atoms with Crippen molar-refractivity contribution in [1.82, 2.24) is 0 Å². The zero-order valence-electron chi connectivity index (χ0n) is 7.96. The maximum Gasteiger partial charge on any atom is 0.0893 e. The Hall–Kier alpha value is -0.730. The second-order valence-corrected chi connectivity index (χ2v) is 4.08. The Labute approximate surface area is 93.1 Å². The second-order valence-electron chi connectivity index (χ2n) is 3.27. The zero-order chi connectivity index (χ0) is 10.7. The summed E-state index contributed by atoms with van der Waals surface area (Å²) in [6, 6.07) is 5.16. The standard InChI is InChI=1S/C10H11Cl2NO/c1-6(2)10(13-14)7-3-4-8(11)9(12)5-7/h3-6,14H,1-2H3/b13-10+. The highest BCUT2D eigenvalue weighted by molar-refractivity contribution is 6.42. The lowest BCUT2D eigenvalue weighted by Gasteiger charge is -2.08. The van der Waals surface area contributed by atoms with Crippen molar-refractivity contribution in [2.75, 3.05) is 0 Å². The molecule has 0 spiro atoms. The van der Waals surface area contributed by atoms with Gasteiger partial charge in [0.25, 0.3) is 0 Å². The van der Waals surface area contributed by atoms with Gasteiger partial charge < -0.3 is 5.21 Å². The third-order valence-electron chi connectivity index (χ3n) is 1.87. The number of hydrogen-bond acceptors (Lipinski definition) is 2. The van der Waals surface area contributed by atoms with Gasteiger partial charge in [0.1, 0.15) is 0 Å². The summed E-state index contributed by atoms with van der Waals surface area (Å²) in [4.78, 5) is 0. The zero-order valence-corrected chi connectivity index (χ0v) is 9.47. The largest absolute Gasteiger partial charge is 0.411 e. The minimum atomic E-state index is 0.136. The first-order valence-corrected chi connectivity index (χ1v) is 4.99. The molecule has 0 aromatic heterocycles. The van der Waals surface area contributed by atoms with Gasteiger partial charge in [-0.05, 0) is 18.1 Å². The van der Waals surface area contributed by atoms with Crippen molar-refractivity contribution < 1.29 is 5.21 Å². The van der Waals surface area contributed by atoms with E-state index >= 15 is 0 Å². The van der Waals surface area contributed by atoms with Gasteiger partial charge in [-0.1, -0.05) is 48.3 Å². The minimum absolute atomic E-state index is 0.136. The molecule has 0 aliphatic heterocycles. The molecule has 2 nitrogen and oxygen atoms in total. The third kappa shape index (κ3) is 2.40. The van der Waals surface area contributed by atoms with Crippen molar-refractivity contribution in [3.8, 4) is 0 Å². The lowest BCUT2D eigenvalue weighted by molar-refractivity contribution is 0.316. The number of rotatable bonds is 2. The molecule has 0 heterocycles. The smallest absolute Gasteiger partial charge is 0.0893 e. The molecule has 1 aromatic carbocycles. The van der Waals surface area contributed by atoms with Crippen molar-refractivity contribution in [2.45, 2.75) is 13.8 Å². The van der Waals surface area contributed by atoms with Gasteiger partial charge in [-0.25, -0.2) is 0 Å². The number of nitrogens with zero attached hydrogens (tertiary/aromatic N) is 1. The molecule has 0 saturated carbocycles. The summed E-state index contributed by atoms with van der Waals surface area (Å²) in [6.45, 7) is 3.88. The van der Waals surface area contributed by atoms with Crippen LogP contribution in [0.4, 0.5) is 0 Å². The van der Waals surface area contributed by atoms with E-state index in [2.05, 4.69) is 5.16 Å². The predicted octanol–water partition coefficient (Wildman–Crippen LogP) is 3.83. The highest BCUT2D eigenvalue weighted by Gasteiger charge is 2.10. The van der Waals surface area contributed by atoms with Gasteiger partial charge in [-0.2, -0.15) is 0 Å². The van der Waals surface area contributed by atoms with Crippen molar-refractivity contribution in [1.29, 1.82) is 0 Å². The highest BCUT2D eigenvalue weighted by atomic mass is 35.5. The average molecular weight is 232 g/mol. The molecule has 76 valence electrons. The summed E-state index contributed by atoms with van der Waals surface area (Å²) >= 11 is 11.6. The summed E-state index contributed by atoms with van der Waals surface area (Å²) in [5.74, 6) is 0.136. The third-order valence-corrected chi connectivity index (χ3v) is 2.61. The normalized spacial score (nSPS) is 12.2. The van der Waals surface area contributed by atoms with Crippen LogP contribution in [0.5, 0.6) is 0 Å². The molecule has 0 aliphatic carbocycles. The van der Waals surface area contributed by atoms with Crippen molar-refractivity contribution in [3.63, 3.8) is 0 Å². The first-order valence-electron chi connectivity index (χ1n) is 4.23. The fraction of sp³-hybridized carbons (Fsp3) is 0.300. The van der Waals surface area contributed by atoms with Crippen LogP contribution in [0.2, 0.25) is 10.0 Å². The van der Waals surface area contributed by atoms with Crippen LogP contribution in [0.15, 0.2) is 23.4 Å². The van der Waals surface area contributed by atoms with E-state index < -0.39 is 0 Å². The molecule has 1 aromatic rings. The van der Waals surface area contributed by atoms with Gasteiger partial charge in [0.05, 0.1) is 15.8 Å². The Kier molecular flexibility index (Phi) is 3.78. The van der Waals surface area contributed by atoms with E-state index in [9.17, 15) is 0 Å². The van der Waals surface area contributed by atoms with Gasteiger partial charge in [0.2, 0.25) is 0 Å². The molecule has 0 radical (unpaired) electrons. The summed E-state index contributed by atoms with van der Waals surface area (Å²) in [6.07, 6.45) is 0. The lowest BCUT2D eigenvalue weighted by Crippen LogP contribution is -2.09. The van der Waals surface area contributed by atoms with E-state index in [-0.39, 0.29) is 5.92 Å². The summed E-state index contributed by atoms with van der Waals surface area (Å²) in [5.41, 5.74) is 1.39. The van der Waals surface area contributed by atoms with Crippen molar-refractivity contribution in [3.05, 3.63) is 33.8 Å². The highest BCUT2D eigenvalue weighted by Crippen LogP contribution is 2.24. The maximum atomic E-state index is 8.82. The molecule has 0 atom stereocenters. The molecule has 0 bridgehead atoms. The fourth-order valence-electron chi connectivity index (χ4n) is 1.16. The lowest BCUT2D eigenvalue weighted by atomic mass is 10.0. The van der Waals surface area contributed by atoms with Crippen LogP contribution in [-0.2, 0) is 0 Å². The van der Waals surface area contributed by atoms with Gasteiger partial charge in [0.15, 0.2) is 0 Å². The summed E-state index contributed by atoms with van der Waals surface area (Å²) in [5, 5.41) is 13.0. The number of hydrogen-bond donors (Lipinski definition) is 1. The van der Waals surface area contributed by atoms with E-state index in [0.717, 1.165) is 5.56 Å². The maximum absolute atomic E-state index is 8.82. The van der Waals surface area contributed by atoms with Crippen molar-refractivity contribution >= 4 is 28.9 Å². The van der Waals surface area contributed by atoms with Crippen molar-refractivity contribution in [2.24, 2.45) is 11.1 Å². The van der Waals surface area contributed by atoms with Gasteiger partial charge >= 0.3 is 0 Å². The molecule has 0 aliphatic rings. The molecule has 0 saturated heterocycles. The quantitative estimate of drug-likeness (QED) is 0.469. The van der Waals surface area contributed by atoms with Crippen LogP contribution in [0.1, 0.15) is 19.4 Å². The molecule has 4 heteroatoms. The van der Waals surface area contributed by atoms with E-state index in [4.69, 9.17) is 28.4 Å². The minimum Gasteiger partial charge on any atom is -0.411 e. The molecule has 14 heavy (non-hydrogen) atoms. The molecule has 1 rings (SSSR count). The summed E-state index contributed by atoms with van der Waals surface area (Å²) < 4.78 is 0. The topological polar surface area (TPSA) is 32.6 Å². The Bertz CT molecular complexity index is 361. The summed E-state index contributed by atoms with van der Waals surface area (Å²) in [7, 11) is 0. The van der Waals surface area contributed by atoms with Crippen LogP contribution >= 0.6 is 23.2 Å². The first-order chi connectivity index (χ1) is 6.56. The Morgan fingerprint density at radius 3 is 2.36 bits per heavy atom. The number of benzene rings is 1. The van der Waals surface area contributed by atoms with Crippen LogP contribution in [-0.4, -0.2) is 10.9 Å². The number of oxime groups is 1. The van der Waals surface area contributed by atoms with E-state index in [1.165, 1.54) is 0 Å². The Morgan fingerprint density at radius 2 is 1.93 bits per heavy atom. The predicted molar refractivity (Wildman–Crippen MR) is 59.6 cm³/mol. The second kappa shape index (κ2) is 4.67. The van der Waals surface area contributed by atoms with E-state index in [1.807, 2.05) is 13.8 Å².